The Labute approximate surface area is 84.1 Å². The minimum atomic E-state index is 0.465. The lowest BCUT2D eigenvalue weighted by molar-refractivity contribution is 1.25. The molecule has 0 heterocycles. The number of benzene rings is 1. The van der Waals surface area contributed by atoms with Crippen molar-refractivity contribution in [3.8, 4) is 6.07 Å². The highest BCUT2D eigenvalue weighted by molar-refractivity contribution is 7.80. The lowest BCUT2D eigenvalue weighted by Crippen LogP contribution is -1.85. The molecule has 1 aromatic rings. The Bertz CT molecular complexity index is 336. The summed E-state index contributed by atoms with van der Waals surface area (Å²) in [5, 5.41) is 8.58. The van der Waals surface area contributed by atoms with E-state index in [4.69, 9.17) is 5.26 Å². The maximum absolute atomic E-state index is 8.58. The zero-order valence-corrected chi connectivity index (χ0v) is 8.17. The van der Waals surface area contributed by atoms with Gasteiger partial charge in [-0.2, -0.15) is 17.9 Å². The van der Waals surface area contributed by atoms with Crippen molar-refractivity contribution in [2.24, 2.45) is 0 Å². The zero-order chi connectivity index (χ0) is 9.52. The first-order chi connectivity index (χ1) is 6.38. The third-order valence-electron chi connectivity index (χ3n) is 1.73. The molecule has 0 N–H and O–H groups in total. The summed E-state index contributed by atoms with van der Waals surface area (Å²) in [6.07, 6.45) is 4.44. The molecule has 0 aliphatic carbocycles. The van der Waals surface area contributed by atoms with Gasteiger partial charge < -0.3 is 0 Å². The van der Waals surface area contributed by atoms with Gasteiger partial charge in [0, 0.05) is 5.75 Å². The number of thiol groups is 1. The zero-order valence-electron chi connectivity index (χ0n) is 7.27. The Morgan fingerprint density at radius 1 is 1.38 bits per heavy atom. The molecule has 0 saturated carbocycles. The van der Waals surface area contributed by atoms with Crippen LogP contribution in [0, 0.1) is 11.3 Å². The van der Waals surface area contributed by atoms with Crippen molar-refractivity contribution in [3.63, 3.8) is 0 Å². The molecule has 0 unspecified atom stereocenters. The number of rotatable bonds is 3. The minimum absolute atomic E-state index is 0.465. The van der Waals surface area contributed by atoms with Crippen LogP contribution in [0.3, 0.4) is 0 Å². The normalized spacial score (nSPS) is 10.2. The fraction of sp³-hybridized carbons (Fsp3) is 0.182. The Balaban J connectivity index is 2.92. The number of hydrogen-bond donors (Lipinski definition) is 1. The molecule has 0 spiro atoms. The Morgan fingerprint density at radius 3 is 2.85 bits per heavy atom. The molecule has 1 nitrogen and oxygen atoms in total. The van der Waals surface area contributed by atoms with Gasteiger partial charge in [-0.1, -0.05) is 36.4 Å². The molecule has 66 valence electrons. The Morgan fingerprint density at radius 2 is 2.15 bits per heavy atom. The van der Waals surface area contributed by atoms with E-state index in [2.05, 4.69) is 18.7 Å². The van der Waals surface area contributed by atoms with Crippen LogP contribution < -0.4 is 0 Å². The smallest absolute Gasteiger partial charge is 0.0669 e. The third kappa shape index (κ3) is 2.96. The van der Waals surface area contributed by atoms with Crippen molar-refractivity contribution in [1.29, 1.82) is 5.26 Å². The van der Waals surface area contributed by atoms with Crippen LogP contribution in [0.4, 0.5) is 0 Å². The van der Waals surface area contributed by atoms with E-state index < -0.39 is 0 Å². The summed E-state index contributed by atoms with van der Waals surface area (Å²) in [6, 6.07) is 10.0. The minimum Gasteiger partial charge on any atom is -0.198 e. The van der Waals surface area contributed by atoms with E-state index in [1.165, 1.54) is 0 Å². The van der Waals surface area contributed by atoms with Gasteiger partial charge in [0.15, 0.2) is 0 Å². The molecule has 0 aromatic heterocycles. The number of nitriles is 1. The van der Waals surface area contributed by atoms with Gasteiger partial charge in [-0.05, 0) is 11.1 Å². The fourth-order valence-corrected chi connectivity index (χ4v) is 1.23. The van der Waals surface area contributed by atoms with Crippen molar-refractivity contribution in [2.45, 2.75) is 6.42 Å². The quantitative estimate of drug-likeness (QED) is 0.726. The summed E-state index contributed by atoms with van der Waals surface area (Å²) < 4.78 is 0. The van der Waals surface area contributed by atoms with Gasteiger partial charge in [0.1, 0.15) is 0 Å². The average Bonchev–Trinajstić information content (AvgIpc) is 2.17. The summed E-state index contributed by atoms with van der Waals surface area (Å²) in [6.45, 7) is 0. The lowest BCUT2D eigenvalue weighted by Gasteiger charge is -1.99. The van der Waals surface area contributed by atoms with Crippen LogP contribution in [0.15, 0.2) is 30.3 Å². The van der Waals surface area contributed by atoms with Crippen LogP contribution in [-0.2, 0) is 6.42 Å². The van der Waals surface area contributed by atoms with Crippen molar-refractivity contribution in [3.05, 3.63) is 41.5 Å². The molecule has 0 fully saturated rings. The SMILES string of the molecule is N#CCc1ccccc1C=CCS. The average molecular weight is 189 g/mol. The van der Waals surface area contributed by atoms with Gasteiger partial charge in [0.05, 0.1) is 12.5 Å². The third-order valence-corrected chi connectivity index (χ3v) is 1.94. The van der Waals surface area contributed by atoms with Crippen LogP contribution in [0.25, 0.3) is 6.08 Å². The molecule has 2 heteroatoms. The van der Waals surface area contributed by atoms with Gasteiger partial charge in [-0.15, -0.1) is 0 Å². The molecule has 0 amide bonds. The topological polar surface area (TPSA) is 23.8 Å². The Hall–Kier alpha value is -1.20. The first-order valence-corrected chi connectivity index (χ1v) is 4.74. The van der Waals surface area contributed by atoms with E-state index in [1.54, 1.807) is 0 Å². The molecule has 0 aliphatic rings. The lowest BCUT2D eigenvalue weighted by atomic mass is 10.1. The first-order valence-electron chi connectivity index (χ1n) is 4.10. The number of nitrogens with zero attached hydrogens (tertiary/aromatic N) is 1. The standard InChI is InChI=1S/C11H11NS/c12-8-7-11-5-2-1-4-10(11)6-3-9-13/h1-6,13H,7,9H2. The van der Waals surface area contributed by atoms with Gasteiger partial charge >= 0.3 is 0 Å². The summed E-state index contributed by atoms with van der Waals surface area (Å²) in [4.78, 5) is 0. The van der Waals surface area contributed by atoms with E-state index >= 15 is 0 Å². The fourth-order valence-electron chi connectivity index (χ4n) is 1.12. The van der Waals surface area contributed by atoms with Crippen LogP contribution >= 0.6 is 12.6 Å². The van der Waals surface area contributed by atoms with Crippen LogP contribution in [-0.4, -0.2) is 5.75 Å². The monoisotopic (exact) mass is 189 g/mol. The van der Waals surface area contributed by atoms with Crippen molar-refractivity contribution >= 4 is 18.7 Å². The molecular formula is C11H11NS. The summed E-state index contributed by atoms with van der Waals surface area (Å²) >= 11 is 4.09. The summed E-state index contributed by atoms with van der Waals surface area (Å²) in [7, 11) is 0. The van der Waals surface area contributed by atoms with Crippen LogP contribution in [0.2, 0.25) is 0 Å². The van der Waals surface area contributed by atoms with Gasteiger partial charge in [-0.3, -0.25) is 0 Å². The van der Waals surface area contributed by atoms with Crippen molar-refractivity contribution in [1.82, 2.24) is 0 Å². The van der Waals surface area contributed by atoms with Crippen molar-refractivity contribution < 1.29 is 0 Å². The number of hydrogen-bond acceptors (Lipinski definition) is 2. The second-order valence-corrected chi connectivity index (χ2v) is 2.98. The molecule has 1 rings (SSSR count). The molecular weight excluding hydrogens is 178 g/mol. The molecule has 0 bridgehead atoms. The maximum atomic E-state index is 8.58. The highest BCUT2D eigenvalue weighted by Gasteiger charge is 1.95. The van der Waals surface area contributed by atoms with E-state index in [0.29, 0.717) is 6.42 Å². The van der Waals surface area contributed by atoms with Gasteiger partial charge in [0.25, 0.3) is 0 Å². The predicted molar refractivity (Wildman–Crippen MR) is 58.6 cm³/mol. The highest BCUT2D eigenvalue weighted by Crippen LogP contribution is 2.10. The largest absolute Gasteiger partial charge is 0.198 e. The molecule has 0 saturated heterocycles. The van der Waals surface area contributed by atoms with E-state index in [9.17, 15) is 0 Å². The molecule has 13 heavy (non-hydrogen) atoms. The van der Waals surface area contributed by atoms with Gasteiger partial charge in [0.2, 0.25) is 0 Å². The highest BCUT2D eigenvalue weighted by atomic mass is 32.1. The van der Waals surface area contributed by atoms with E-state index in [0.717, 1.165) is 16.9 Å². The molecule has 1 aromatic carbocycles. The second kappa shape index (κ2) is 5.45. The van der Waals surface area contributed by atoms with Crippen LogP contribution in [0.1, 0.15) is 11.1 Å². The molecule has 0 aliphatic heterocycles. The van der Waals surface area contributed by atoms with E-state index in [1.807, 2.05) is 36.4 Å². The van der Waals surface area contributed by atoms with E-state index in [-0.39, 0.29) is 0 Å². The van der Waals surface area contributed by atoms with Crippen LogP contribution in [0.5, 0.6) is 0 Å². The second-order valence-electron chi connectivity index (χ2n) is 2.62. The summed E-state index contributed by atoms with van der Waals surface area (Å²) in [5.74, 6) is 0.723. The van der Waals surface area contributed by atoms with Gasteiger partial charge in [-0.25, -0.2) is 0 Å². The molecule has 0 radical (unpaired) electrons. The predicted octanol–water partition coefficient (Wildman–Crippen LogP) is 2.70. The maximum Gasteiger partial charge on any atom is 0.0669 e. The summed E-state index contributed by atoms with van der Waals surface area (Å²) in [5.41, 5.74) is 2.18. The Kier molecular flexibility index (Phi) is 4.14. The first kappa shape index (κ1) is 9.88. The molecule has 0 atom stereocenters. The van der Waals surface area contributed by atoms with Crippen molar-refractivity contribution in [2.75, 3.05) is 5.75 Å².